The van der Waals surface area contributed by atoms with Crippen LogP contribution in [0.15, 0.2) is 47.1 Å². The lowest BCUT2D eigenvalue weighted by Gasteiger charge is -1.99. The lowest BCUT2D eigenvalue weighted by Crippen LogP contribution is -2.20. The van der Waals surface area contributed by atoms with Crippen LogP contribution in [0.1, 0.15) is 27.7 Å². The van der Waals surface area contributed by atoms with Crippen molar-refractivity contribution in [1.82, 2.24) is 14.8 Å². The first kappa shape index (κ1) is 15.8. The minimum absolute atomic E-state index is 0.00177. The molecule has 0 saturated carbocycles. The zero-order valence-electron chi connectivity index (χ0n) is 12.9. The van der Waals surface area contributed by atoms with Crippen LogP contribution in [0, 0.1) is 5.82 Å². The van der Waals surface area contributed by atoms with Crippen LogP contribution in [-0.2, 0) is 24.7 Å². The van der Waals surface area contributed by atoms with Gasteiger partial charge in [0, 0.05) is 13.5 Å². The number of furan rings is 1. The number of ketones is 2. The smallest absolute Gasteiger partial charge is 0.265 e. The molecule has 0 aliphatic carbocycles. The van der Waals surface area contributed by atoms with Gasteiger partial charge in [0.05, 0.1) is 6.42 Å². The minimum Gasteiger partial charge on any atom is -0.465 e. The number of rotatable bonds is 6. The number of carbonyl (C=O) groups excluding carboxylic acids is 2. The van der Waals surface area contributed by atoms with Crippen molar-refractivity contribution in [3.63, 3.8) is 0 Å². The van der Waals surface area contributed by atoms with E-state index in [4.69, 9.17) is 4.42 Å². The van der Waals surface area contributed by atoms with Gasteiger partial charge >= 0.3 is 0 Å². The average Bonchev–Trinajstić information content (AvgIpc) is 3.18. The fraction of sp³-hybridized carbons (Fsp3) is 0.176. The molecule has 0 atom stereocenters. The Morgan fingerprint density at radius 3 is 2.50 bits per heavy atom. The fourth-order valence-corrected chi connectivity index (χ4v) is 2.28. The summed E-state index contributed by atoms with van der Waals surface area (Å²) in [4.78, 5) is 27.8. The van der Waals surface area contributed by atoms with E-state index in [1.54, 1.807) is 31.3 Å². The van der Waals surface area contributed by atoms with Crippen LogP contribution in [0.2, 0.25) is 0 Å². The number of halogens is 1. The van der Waals surface area contributed by atoms with Gasteiger partial charge in [0.2, 0.25) is 11.6 Å². The summed E-state index contributed by atoms with van der Waals surface area (Å²) in [6, 6.07) is 9.48. The maximum absolute atomic E-state index is 12.9. The van der Waals surface area contributed by atoms with Crippen molar-refractivity contribution in [2.75, 3.05) is 0 Å². The van der Waals surface area contributed by atoms with Gasteiger partial charge in [-0.2, -0.15) is 5.10 Å². The van der Waals surface area contributed by atoms with Gasteiger partial charge in [-0.1, -0.05) is 12.1 Å². The topological polar surface area (TPSA) is 78.0 Å². The minimum atomic E-state index is -0.702. The summed E-state index contributed by atoms with van der Waals surface area (Å²) in [7, 11) is 1.54. The van der Waals surface area contributed by atoms with Crippen molar-refractivity contribution < 1.29 is 18.4 Å². The Hall–Kier alpha value is -3.09. The van der Waals surface area contributed by atoms with Gasteiger partial charge in [0.25, 0.3) is 5.78 Å². The van der Waals surface area contributed by atoms with E-state index in [2.05, 4.69) is 10.1 Å². The van der Waals surface area contributed by atoms with Gasteiger partial charge < -0.3 is 4.42 Å². The molecular weight excluding hydrogens is 313 g/mol. The van der Waals surface area contributed by atoms with Gasteiger partial charge in [0.15, 0.2) is 0 Å². The molecule has 0 fully saturated rings. The lowest BCUT2D eigenvalue weighted by atomic mass is 10.1. The molecule has 122 valence electrons. The number of nitrogens with zero attached hydrogens (tertiary/aromatic N) is 3. The molecular formula is C17H14FN3O3. The van der Waals surface area contributed by atoms with Crippen molar-refractivity contribution in [1.29, 1.82) is 0 Å². The molecule has 0 spiro atoms. The van der Waals surface area contributed by atoms with E-state index in [1.165, 1.54) is 23.1 Å². The molecule has 6 nitrogen and oxygen atoms in total. The number of hydrogen-bond donors (Lipinski definition) is 0. The predicted molar refractivity (Wildman–Crippen MR) is 82.0 cm³/mol. The van der Waals surface area contributed by atoms with E-state index in [9.17, 15) is 14.0 Å². The highest BCUT2D eigenvalue weighted by Crippen LogP contribution is 2.15. The molecule has 0 bridgehead atoms. The normalized spacial score (nSPS) is 10.8. The number of Topliss-reactive ketones (excluding diaryl/α,β-unsaturated/α-hetero) is 2. The van der Waals surface area contributed by atoms with Crippen molar-refractivity contribution in [2.45, 2.75) is 12.8 Å². The number of aryl methyl sites for hydroxylation is 1. The molecule has 0 aliphatic heterocycles. The largest absolute Gasteiger partial charge is 0.465 e. The van der Waals surface area contributed by atoms with Gasteiger partial charge in [-0.15, -0.1) is 0 Å². The zero-order valence-corrected chi connectivity index (χ0v) is 12.9. The third kappa shape index (κ3) is 3.45. The maximum Gasteiger partial charge on any atom is 0.265 e. The zero-order chi connectivity index (χ0) is 17.1. The molecule has 7 heteroatoms. The lowest BCUT2D eigenvalue weighted by molar-refractivity contribution is -0.114. The van der Waals surface area contributed by atoms with Crippen LogP contribution in [0.4, 0.5) is 4.39 Å². The monoisotopic (exact) mass is 327 g/mol. The molecule has 3 aromatic rings. The quantitative estimate of drug-likeness (QED) is 0.512. The summed E-state index contributed by atoms with van der Waals surface area (Å²) in [5, 5.41) is 3.77. The highest BCUT2D eigenvalue weighted by molar-refractivity contribution is 6.43. The Labute approximate surface area is 136 Å². The van der Waals surface area contributed by atoms with Crippen LogP contribution in [-0.4, -0.2) is 26.3 Å². The van der Waals surface area contributed by atoms with Crippen LogP contribution >= 0.6 is 0 Å². The van der Waals surface area contributed by atoms with Gasteiger partial charge in [-0.3, -0.25) is 9.59 Å². The summed E-state index contributed by atoms with van der Waals surface area (Å²) in [5.41, 5.74) is 0.888. The first-order valence-corrected chi connectivity index (χ1v) is 7.26. The van der Waals surface area contributed by atoms with Crippen molar-refractivity contribution in [3.05, 3.63) is 71.5 Å². The second-order valence-corrected chi connectivity index (χ2v) is 5.31. The number of aromatic nitrogens is 3. The van der Waals surface area contributed by atoms with Gasteiger partial charge in [-0.05, 0) is 29.8 Å². The van der Waals surface area contributed by atoms with Crippen LogP contribution < -0.4 is 0 Å². The van der Waals surface area contributed by atoms with Crippen LogP contribution in [0.5, 0.6) is 0 Å². The standard InChI is InChI=1S/C17H14FN3O3/c1-21-17(19-10-20-21)16(23)15(22)9-14-7-6-13(24-14)8-11-2-4-12(18)5-3-11/h2-7,10H,8-9H2,1H3. The maximum atomic E-state index is 12.9. The summed E-state index contributed by atoms with van der Waals surface area (Å²) in [6.45, 7) is 0. The second kappa shape index (κ2) is 6.57. The molecule has 0 N–H and O–H groups in total. The molecule has 2 heterocycles. The molecule has 3 rings (SSSR count). The number of carbonyl (C=O) groups is 2. The Bertz CT molecular complexity index is 881. The predicted octanol–water partition coefficient (Wildman–Crippen LogP) is 2.13. The average molecular weight is 327 g/mol. The summed E-state index contributed by atoms with van der Waals surface area (Å²) in [6.07, 6.45) is 1.55. The summed E-state index contributed by atoms with van der Waals surface area (Å²) in [5.74, 6) is -0.590. The van der Waals surface area contributed by atoms with Crippen LogP contribution in [0.25, 0.3) is 0 Å². The third-order valence-electron chi connectivity index (χ3n) is 3.51. The molecule has 24 heavy (non-hydrogen) atoms. The number of hydrogen-bond acceptors (Lipinski definition) is 5. The highest BCUT2D eigenvalue weighted by Gasteiger charge is 2.22. The van der Waals surface area contributed by atoms with Crippen LogP contribution in [0.3, 0.4) is 0 Å². The molecule has 0 radical (unpaired) electrons. The SMILES string of the molecule is Cn1ncnc1C(=O)C(=O)Cc1ccc(Cc2ccc(F)cc2)o1. The summed E-state index contributed by atoms with van der Waals surface area (Å²) < 4.78 is 19.7. The van der Waals surface area contributed by atoms with E-state index >= 15 is 0 Å². The Morgan fingerprint density at radius 2 is 1.83 bits per heavy atom. The van der Waals surface area contributed by atoms with E-state index in [0.29, 0.717) is 17.9 Å². The molecule has 0 unspecified atom stereocenters. The first-order chi connectivity index (χ1) is 11.5. The van der Waals surface area contributed by atoms with E-state index in [-0.39, 0.29) is 18.1 Å². The van der Waals surface area contributed by atoms with Gasteiger partial charge in [0.1, 0.15) is 23.7 Å². The molecule has 2 aromatic heterocycles. The molecule has 0 amide bonds. The summed E-state index contributed by atoms with van der Waals surface area (Å²) >= 11 is 0. The van der Waals surface area contributed by atoms with Crippen molar-refractivity contribution in [2.24, 2.45) is 7.05 Å². The second-order valence-electron chi connectivity index (χ2n) is 5.31. The molecule has 1 aromatic carbocycles. The fourth-order valence-electron chi connectivity index (χ4n) is 2.28. The third-order valence-corrected chi connectivity index (χ3v) is 3.51. The number of benzene rings is 1. The van der Waals surface area contributed by atoms with E-state index in [1.807, 2.05) is 0 Å². The van der Waals surface area contributed by atoms with E-state index < -0.39 is 11.6 Å². The molecule has 0 saturated heterocycles. The van der Waals surface area contributed by atoms with Gasteiger partial charge in [-0.25, -0.2) is 14.1 Å². The Morgan fingerprint density at radius 1 is 1.12 bits per heavy atom. The highest BCUT2D eigenvalue weighted by atomic mass is 19.1. The molecule has 0 aliphatic rings. The first-order valence-electron chi connectivity index (χ1n) is 7.26. The van der Waals surface area contributed by atoms with Crippen molar-refractivity contribution in [3.8, 4) is 0 Å². The van der Waals surface area contributed by atoms with E-state index in [0.717, 1.165) is 5.56 Å². The Balaban J connectivity index is 1.65. The van der Waals surface area contributed by atoms with Crippen molar-refractivity contribution >= 4 is 11.6 Å². The Kier molecular flexibility index (Phi) is 4.33.